The second-order valence-corrected chi connectivity index (χ2v) is 22.5. The van der Waals surface area contributed by atoms with Crippen molar-refractivity contribution >= 4 is 110 Å². The quantitative estimate of drug-likeness (QED) is 0.142. The minimum Gasteiger partial charge on any atom is -0.455 e. The Labute approximate surface area is 443 Å². The van der Waals surface area contributed by atoms with Crippen molar-refractivity contribution in [3.8, 4) is 22.3 Å². The number of hydrogen-bond acceptors (Lipinski definition) is 4. The van der Waals surface area contributed by atoms with Crippen LogP contribution in [0.3, 0.4) is 0 Å². The van der Waals surface area contributed by atoms with Crippen molar-refractivity contribution in [2.24, 2.45) is 0 Å². The average Bonchev–Trinajstić information content (AvgIpc) is 4.10. The molecule has 2 aromatic heterocycles. The topological polar surface area (TPSA) is 32.8 Å². The van der Waals surface area contributed by atoms with E-state index in [9.17, 15) is 0 Å². The van der Waals surface area contributed by atoms with Gasteiger partial charge < -0.3 is 18.6 Å². The number of fused-ring (bicyclic) bond motifs is 6. The van der Waals surface area contributed by atoms with Crippen LogP contribution < -0.4 is 9.80 Å². The molecule has 0 radical (unpaired) electrons. The van der Waals surface area contributed by atoms with E-state index < -0.39 is 0 Å². The molecule has 14 aromatic rings. The lowest BCUT2D eigenvalue weighted by Crippen LogP contribution is -2.17. The van der Waals surface area contributed by atoms with Gasteiger partial charge in [-0.3, -0.25) is 0 Å². The fourth-order valence-corrected chi connectivity index (χ4v) is 12.1. The monoisotopic (exact) mass is 980 g/mol. The molecule has 0 bridgehead atoms. The van der Waals surface area contributed by atoms with E-state index in [-0.39, 0.29) is 10.8 Å². The average molecular weight is 981 g/mol. The van der Waals surface area contributed by atoms with Crippen LogP contribution in [0, 0.1) is 0 Å². The summed E-state index contributed by atoms with van der Waals surface area (Å²) in [6.07, 6.45) is 0. The lowest BCUT2D eigenvalue weighted by Gasteiger charge is -2.34. The number of hydrogen-bond donors (Lipinski definition) is 0. The van der Waals surface area contributed by atoms with Crippen LogP contribution in [0.25, 0.3) is 98.4 Å². The Morgan fingerprint density at radius 2 is 0.645 bits per heavy atom. The highest BCUT2D eigenvalue weighted by Crippen LogP contribution is 2.53. The predicted octanol–water partition coefficient (Wildman–Crippen LogP) is 21.3. The van der Waals surface area contributed by atoms with E-state index in [1.807, 2.05) is 12.1 Å². The van der Waals surface area contributed by atoms with E-state index in [0.29, 0.717) is 0 Å². The zero-order chi connectivity index (χ0) is 51.5. The summed E-state index contributed by atoms with van der Waals surface area (Å²) in [5, 5.41) is 12.0. The van der Waals surface area contributed by atoms with Gasteiger partial charge in [-0.25, -0.2) is 0 Å². The van der Waals surface area contributed by atoms with Crippen LogP contribution in [0.15, 0.2) is 239 Å². The lowest BCUT2D eigenvalue weighted by atomic mass is 9.77. The summed E-state index contributed by atoms with van der Waals surface area (Å²) >= 11 is 0. The third kappa shape index (κ3) is 7.27. The van der Waals surface area contributed by atoms with E-state index in [1.165, 1.54) is 43.4 Å². The van der Waals surface area contributed by atoms with Crippen LogP contribution in [0.5, 0.6) is 0 Å². The maximum absolute atomic E-state index is 6.63. The number of benzene rings is 12. The molecule has 12 aromatic carbocycles. The molecule has 0 fully saturated rings. The number of nitrogens with zero attached hydrogens (tertiary/aromatic N) is 2. The molecule has 4 nitrogen and oxygen atoms in total. The Kier molecular flexibility index (Phi) is 10.3. The molecule has 0 aliphatic heterocycles. The Morgan fingerprint density at radius 1 is 0.289 bits per heavy atom. The fourth-order valence-electron chi connectivity index (χ4n) is 12.1. The zero-order valence-electron chi connectivity index (χ0n) is 43.7. The summed E-state index contributed by atoms with van der Waals surface area (Å²) in [5.74, 6) is 0. The van der Waals surface area contributed by atoms with Crippen LogP contribution in [-0.2, 0) is 10.8 Å². The Morgan fingerprint density at radius 3 is 1.07 bits per heavy atom. The van der Waals surface area contributed by atoms with E-state index in [4.69, 9.17) is 8.83 Å². The van der Waals surface area contributed by atoms with Gasteiger partial charge in [0.25, 0.3) is 0 Å². The first-order chi connectivity index (χ1) is 37.0. The molecule has 2 heterocycles. The summed E-state index contributed by atoms with van der Waals surface area (Å²) in [6, 6.07) is 83.9. The molecule has 0 unspecified atom stereocenters. The Balaban J connectivity index is 1.03. The summed E-state index contributed by atoms with van der Waals surface area (Å²) in [4.78, 5) is 4.94. The third-order valence-electron chi connectivity index (χ3n) is 15.6. The summed E-state index contributed by atoms with van der Waals surface area (Å²) in [6.45, 7) is 14.1. The summed E-state index contributed by atoms with van der Waals surface area (Å²) in [7, 11) is 0. The minimum absolute atomic E-state index is 0.201. The number of rotatable bonds is 8. The maximum Gasteiger partial charge on any atom is 0.143 e. The molecule has 0 aliphatic rings. The summed E-state index contributed by atoms with van der Waals surface area (Å²) < 4.78 is 13.3. The second kappa shape index (κ2) is 17.2. The van der Waals surface area contributed by atoms with Crippen molar-refractivity contribution in [2.75, 3.05) is 9.80 Å². The standard InChI is InChI=1S/C72H56N2O2/c1-71(2,3)61-43-63(73(47-23-9-7-10-24-47)49-27-17-21-45(41-49)51-31-19-33-55-53-29-13-15-35-65(53)75-69(51)55)59-40-38-58-62(72(4,5)6)44-64(60-39-37-57(61)67(59)68(58)60)74(48-25-11-8-12-26-48)50-28-18-22-46(42-50)52-32-20-34-56-54-30-14-16-36-66(54)76-70(52)56/h7-44H,1-6H3. The van der Waals surface area contributed by atoms with Gasteiger partial charge in [-0.15, -0.1) is 0 Å². The van der Waals surface area contributed by atoms with Gasteiger partial charge in [0.2, 0.25) is 0 Å². The van der Waals surface area contributed by atoms with Gasteiger partial charge in [-0.05, 0) is 127 Å². The zero-order valence-corrected chi connectivity index (χ0v) is 43.7. The molecular weight excluding hydrogens is 925 g/mol. The van der Waals surface area contributed by atoms with Crippen molar-refractivity contribution in [3.63, 3.8) is 0 Å². The van der Waals surface area contributed by atoms with E-state index in [1.54, 1.807) is 0 Å². The highest BCUT2D eigenvalue weighted by molar-refractivity contribution is 6.29. The number of furan rings is 2. The number of para-hydroxylation sites is 6. The molecule has 0 amide bonds. The smallest absolute Gasteiger partial charge is 0.143 e. The van der Waals surface area contributed by atoms with E-state index in [0.717, 1.165) is 100 Å². The first-order valence-corrected chi connectivity index (χ1v) is 26.5. The maximum atomic E-state index is 6.63. The SMILES string of the molecule is CC(C)(C)c1cc(N(c2ccccc2)c2cccc(-c3cccc4c3oc3ccccc34)c2)c2ccc3c(C(C)(C)C)cc(N(c4ccccc4)c4cccc(-c5cccc6c5oc5ccccc56)c4)c4ccc1c2c43. The van der Waals surface area contributed by atoms with Crippen LogP contribution >= 0.6 is 0 Å². The van der Waals surface area contributed by atoms with Crippen LogP contribution in [0.4, 0.5) is 34.1 Å². The van der Waals surface area contributed by atoms with Crippen LogP contribution in [0.2, 0.25) is 0 Å². The third-order valence-corrected chi connectivity index (χ3v) is 15.6. The van der Waals surface area contributed by atoms with E-state index >= 15 is 0 Å². The molecule has 366 valence electrons. The van der Waals surface area contributed by atoms with Gasteiger partial charge in [0.1, 0.15) is 22.3 Å². The Bertz CT molecular complexity index is 4260. The largest absolute Gasteiger partial charge is 0.455 e. The highest BCUT2D eigenvalue weighted by Gasteiger charge is 2.30. The van der Waals surface area contributed by atoms with Crippen molar-refractivity contribution in [3.05, 3.63) is 242 Å². The van der Waals surface area contributed by atoms with Crippen molar-refractivity contribution in [2.45, 2.75) is 52.4 Å². The molecule has 0 aliphatic carbocycles. The molecule has 0 N–H and O–H groups in total. The molecule has 76 heavy (non-hydrogen) atoms. The lowest BCUT2D eigenvalue weighted by molar-refractivity contribution is 0.595. The van der Waals surface area contributed by atoms with Gasteiger partial charge in [-0.2, -0.15) is 0 Å². The molecule has 4 heteroatoms. The fraction of sp³-hybridized carbons (Fsp3) is 0.111. The molecule has 0 spiro atoms. The van der Waals surface area contributed by atoms with Crippen molar-refractivity contribution < 1.29 is 8.83 Å². The minimum atomic E-state index is -0.201. The second-order valence-electron chi connectivity index (χ2n) is 22.5. The molecule has 14 rings (SSSR count). The predicted molar refractivity (Wildman–Crippen MR) is 322 cm³/mol. The van der Waals surface area contributed by atoms with Gasteiger partial charge in [0.15, 0.2) is 0 Å². The number of anilines is 6. The van der Waals surface area contributed by atoms with E-state index in [2.05, 4.69) is 270 Å². The van der Waals surface area contributed by atoms with Crippen LogP contribution in [-0.4, -0.2) is 0 Å². The van der Waals surface area contributed by atoms with Gasteiger partial charge in [-0.1, -0.05) is 199 Å². The molecule has 0 saturated heterocycles. The van der Waals surface area contributed by atoms with Crippen LogP contribution in [0.1, 0.15) is 52.7 Å². The molecular formula is C72H56N2O2. The molecule has 0 saturated carbocycles. The van der Waals surface area contributed by atoms with Gasteiger partial charge >= 0.3 is 0 Å². The normalized spacial score (nSPS) is 12.3. The van der Waals surface area contributed by atoms with Gasteiger partial charge in [0, 0.05) is 66.2 Å². The van der Waals surface area contributed by atoms with Crippen molar-refractivity contribution in [1.82, 2.24) is 0 Å². The van der Waals surface area contributed by atoms with Crippen molar-refractivity contribution in [1.29, 1.82) is 0 Å². The first-order valence-electron chi connectivity index (χ1n) is 26.5. The van der Waals surface area contributed by atoms with Gasteiger partial charge in [0.05, 0.1) is 11.4 Å². The first kappa shape index (κ1) is 45.5. The molecule has 0 atom stereocenters. The summed E-state index contributed by atoms with van der Waals surface area (Å²) in [5.41, 5.74) is 16.7. The Hall–Kier alpha value is -9.12. The highest BCUT2D eigenvalue weighted by atomic mass is 16.3.